The van der Waals surface area contributed by atoms with Gasteiger partial charge in [-0.3, -0.25) is 43.3 Å². The van der Waals surface area contributed by atoms with Crippen LogP contribution < -0.4 is 5.73 Å². The van der Waals surface area contributed by atoms with E-state index in [1.807, 2.05) is 200 Å². The molecule has 3 amide bonds. The third-order valence-corrected chi connectivity index (χ3v) is 29.1. The molecule has 5 fully saturated rings. The molecule has 766 valence electrons. The summed E-state index contributed by atoms with van der Waals surface area (Å²) in [5, 5.41) is 11.5. The number of morpholine rings is 4. The highest BCUT2D eigenvalue weighted by Crippen LogP contribution is 2.37. The Kier molecular flexibility index (Phi) is 34.6. The average Bonchev–Trinajstić information content (AvgIpc) is 1.63. The van der Waals surface area contributed by atoms with Crippen LogP contribution >= 0.6 is 34.8 Å². The van der Waals surface area contributed by atoms with Gasteiger partial charge < -0.3 is 52.1 Å². The van der Waals surface area contributed by atoms with Gasteiger partial charge >= 0.3 is 0 Å². The molecule has 0 bridgehead atoms. The molecule has 5 saturated heterocycles. The Hall–Kier alpha value is -14.4. The van der Waals surface area contributed by atoms with E-state index in [1.165, 1.54) is 41.6 Å². The summed E-state index contributed by atoms with van der Waals surface area (Å²) >= 11 is 18.4. The zero-order valence-electron chi connectivity index (χ0n) is 85.2. The van der Waals surface area contributed by atoms with Crippen molar-refractivity contribution in [1.82, 2.24) is 81.2 Å². The van der Waals surface area contributed by atoms with E-state index in [0.717, 1.165) is 267 Å². The van der Waals surface area contributed by atoms with Crippen molar-refractivity contribution in [3.63, 3.8) is 0 Å². The number of carbonyl (C=O) groups excluding carboxylic acids is 3. The van der Waals surface area contributed by atoms with Crippen LogP contribution in [0.15, 0.2) is 304 Å². The highest BCUT2D eigenvalue weighted by molar-refractivity contribution is 6.31. The van der Waals surface area contributed by atoms with E-state index in [0.29, 0.717) is 71.8 Å². The second-order valence-corrected chi connectivity index (χ2v) is 39.1. The van der Waals surface area contributed by atoms with Crippen molar-refractivity contribution in [2.45, 2.75) is 79.7 Å². The third kappa shape index (κ3) is 24.8. The number of nitrogens with two attached hydrogens (primary N) is 1. The quantitative estimate of drug-likeness (QED) is 0.0558. The Balaban J connectivity index is 0.000000118. The minimum Gasteiger partial charge on any atom is -0.379 e. The van der Waals surface area contributed by atoms with Crippen molar-refractivity contribution >= 4 is 80.8 Å². The van der Waals surface area contributed by atoms with Crippen LogP contribution in [0.1, 0.15) is 112 Å². The van der Waals surface area contributed by atoms with Gasteiger partial charge in [0.2, 0.25) is 5.91 Å². The summed E-state index contributed by atoms with van der Waals surface area (Å²) in [6.45, 7) is 29.8. The van der Waals surface area contributed by atoms with Crippen LogP contribution in [0.3, 0.4) is 0 Å². The molecule has 2 N–H and O–H groups in total. The van der Waals surface area contributed by atoms with Crippen LogP contribution in [0.2, 0.25) is 15.1 Å². The Morgan fingerprint density at radius 2 is 0.620 bits per heavy atom. The van der Waals surface area contributed by atoms with Gasteiger partial charge in [0.1, 0.15) is 33.9 Å². The van der Waals surface area contributed by atoms with Gasteiger partial charge in [-0.05, 0) is 219 Å². The minimum absolute atomic E-state index is 0.00298. The van der Waals surface area contributed by atoms with E-state index < -0.39 is 5.91 Å². The maximum atomic E-state index is 13.3. The van der Waals surface area contributed by atoms with Gasteiger partial charge in [-0.25, -0.2) is 24.9 Å². The van der Waals surface area contributed by atoms with Crippen molar-refractivity contribution in [1.29, 1.82) is 5.26 Å². The van der Waals surface area contributed by atoms with Crippen LogP contribution in [-0.2, 0) is 51.7 Å². The minimum atomic E-state index is -0.429. The molecule has 0 unspecified atom stereocenters. The number of benzene rings is 8. The Morgan fingerprint density at radius 3 is 1.00 bits per heavy atom. The van der Waals surface area contributed by atoms with E-state index in [9.17, 15) is 19.6 Å². The highest BCUT2D eigenvalue weighted by atomic mass is 35.5. The van der Waals surface area contributed by atoms with E-state index in [1.54, 1.807) is 12.1 Å². The van der Waals surface area contributed by atoms with Crippen molar-refractivity contribution in [2.24, 2.45) is 5.73 Å². The number of hydrogen-bond acceptors (Lipinski definition) is 18. The summed E-state index contributed by atoms with van der Waals surface area (Å²) in [7, 11) is 0. The summed E-state index contributed by atoms with van der Waals surface area (Å²) < 4.78 is 32.8. The fourth-order valence-electron chi connectivity index (χ4n) is 20.0. The maximum absolute atomic E-state index is 13.3. The van der Waals surface area contributed by atoms with Crippen molar-refractivity contribution in [3.8, 4) is 95.6 Å². The Morgan fingerprint density at radius 1 is 0.313 bits per heavy atom. The number of halogens is 3. The molecule has 0 aliphatic carbocycles. The van der Waals surface area contributed by atoms with Crippen molar-refractivity contribution in [3.05, 3.63) is 370 Å². The first-order valence-electron chi connectivity index (χ1n) is 51.9. The smallest absolute Gasteiger partial charge is 0.274 e. The number of fused-ring (bicyclic) bond motifs is 5. The van der Waals surface area contributed by atoms with Crippen molar-refractivity contribution in [2.75, 3.05) is 144 Å². The van der Waals surface area contributed by atoms with Gasteiger partial charge in [0, 0.05) is 179 Å². The number of nitrogens with zero attached hydrogens (tertiary/aromatic N) is 18. The summed E-state index contributed by atoms with van der Waals surface area (Å²) in [4.78, 5) is 78.2. The summed E-state index contributed by atoms with van der Waals surface area (Å²) in [6.07, 6.45) is 12.5. The zero-order valence-corrected chi connectivity index (χ0v) is 87.5. The van der Waals surface area contributed by atoms with E-state index in [2.05, 4.69) is 182 Å². The van der Waals surface area contributed by atoms with Gasteiger partial charge in [0.15, 0.2) is 5.69 Å². The van der Waals surface area contributed by atoms with Crippen LogP contribution in [-0.4, -0.2) is 243 Å². The molecule has 26 nitrogen and oxygen atoms in total. The van der Waals surface area contributed by atoms with Crippen LogP contribution in [0, 0.1) is 11.3 Å². The van der Waals surface area contributed by atoms with Crippen LogP contribution in [0.25, 0.3) is 118 Å². The topological polar surface area (TPSA) is 247 Å². The first kappa shape index (κ1) is 104. The first-order valence-corrected chi connectivity index (χ1v) is 53.0. The number of carbonyl (C=O) groups is 3. The van der Waals surface area contributed by atoms with Crippen molar-refractivity contribution < 1.29 is 33.3 Å². The monoisotopic (exact) mass is 2060 g/mol. The Labute approximate surface area is 890 Å². The molecule has 0 atom stereocenters. The summed E-state index contributed by atoms with van der Waals surface area (Å²) in [5.41, 5.74) is 34.6. The lowest BCUT2D eigenvalue weighted by Crippen LogP contribution is -2.37. The molecule has 8 aromatic carbocycles. The van der Waals surface area contributed by atoms with Gasteiger partial charge in [-0.2, -0.15) is 5.26 Å². The number of pyridine rings is 5. The number of imidazole rings is 5. The van der Waals surface area contributed by atoms with Gasteiger partial charge in [-0.1, -0.05) is 199 Å². The molecule has 18 aromatic rings. The lowest BCUT2D eigenvalue weighted by molar-refractivity contribution is 0.0333. The SMILES string of the molecule is CCN(CC)C(=O)c1cccc2nc(-c3ccc(Cl)cc3)c(CN3CCOCC3)n12.CCN(CC)C(=O)c1nc2ccc(-c3ccccc3)cn2c1CN1CCOCC1.Clc1ccc(-c2nc3ccc(-c4ccccc4)cn3c2CN2CCCCC2)cc1.N#Cc1cccc(-c2nc3ccc(-c4ccccc4)cn3c2CN2CCOCC2)c1.NC(=O)c1ccc(-c2ccc3nc(-c4ccc(Cl)cc4)c(CN4CCOCC4)n3c2)cc1. The van der Waals surface area contributed by atoms with Crippen LogP contribution in [0.5, 0.6) is 0 Å². The fraction of sp³-hybridized carbons (Fsp3) is 0.281. The average molecular weight is 2060 g/mol. The number of primary amides is 1. The van der Waals surface area contributed by atoms with E-state index in [4.69, 9.17) is 84.4 Å². The van der Waals surface area contributed by atoms with E-state index in [-0.39, 0.29) is 11.8 Å². The number of nitriles is 1. The molecule has 29 heteroatoms. The highest BCUT2D eigenvalue weighted by Gasteiger charge is 2.31. The maximum Gasteiger partial charge on any atom is 0.274 e. The number of rotatable bonds is 25. The largest absolute Gasteiger partial charge is 0.379 e. The number of aromatic nitrogens is 10. The molecule has 5 aliphatic heterocycles. The molecular formula is C121H124Cl3N19O7. The second kappa shape index (κ2) is 49.8. The van der Waals surface area contributed by atoms with Crippen LogP contribution in [0.4, 0.5) is 0 Å². The first-order chi connectivity index (χ1) is 73.5. The number of piperidine rings is 1. The predicted octanol–water partition coefficient (Wildman–Crippen LogP) is 22.2. The molecule has 0 radical (unpaired) electrons. The molecule has 23 rings (SSSR count). The zero-order chi connectivity index (χ0) is 103. The number of hydrogen-bond donors (Lipinski definition) is 1. The summed E-state index contributed by atoms with van der Waals surface area (Å²) in [6, 6.07) is 94.4. The molecule has 10 aromatic heterocycles. The molecule has 0 spiro atoms. The van der Waals surface area contributed by atoms with E-state index >= 15 is 0 Å². The lowest BCUT2D eigenvalue weighted by atomic mass is 10.1. The van der Waals surface area contributed by atoms with Gasteiger partial charge in [0.05, 0.1) is 116 Å². The molecule has 0 saturated carbocycles. The predicted molar refractivity (Wildman–Crippen MR) is 596 cm³/mol. The Bertz CT molecular complexity index is 7690. The standard InChI is InChI=1S/C25H23ClN4O2.C25H24ClN3.C25H22N4O.C23H27ClN4O2.C23H28N4O2/c26-21-8-5-18(6-9-21)24-22(16-29-11-13-32-14-12-29)30-15-20(7-10-23(30)28-24)17-1-3-19(4-2-17)25(27)31;26-22-12-9-20(10-13-22)25-23(18-28-15-5-2-6-16-28)29-17-21(11-14-24(29)27-25)19-7-3-1-4-8-19;26-16-19-5-4-8-21(15-19)25-23(18-28-11-13-30-14-12-28)29-17-22(9-10-24(29)27-25)20-6-2-1-3-7-20;1-3-27(4-2)23(29)19-6-5-7-21-25-22(17-8-10-18(24)11-9-17)20(28(19)21)16-26-12-14-30-15-13-26;1-3-26(4-2)23(28)22-20(17-25-12-14-29-15-13-25)27-16-19(10-11-21(27)24-22)18-8-6-5-7-9-18/h1-10,15H,11-14,16H2,(H2,27,31);1,3-4,7-14,17H,2,5-6,15-16,18H2;1-10,15,17H,11-14,18H2;5-11H,3-4,12-16H2,1-2H3;5-11,16H,3-4,12-15,17H2,1-2H3. The molecular weight excluding hydrogens is 1940 g/mol. The number of likely N-dealkylation sites (tertiary alicyclic amines) is 1. The fourth-order valence-corrected chi connectivity index (χ4v) is 20.4. The second-order valence-electron chi connectivity index (χ2n) is 37.8. The summed E-state index contributed by atoms with van der Waals surface area (Å²) in [5.74, 6) is -0.404. The molecule has 5 aliphatic rings. The lowest BCUT2D eigenvalue weighted by Gasteiger charge is -2.27. The number of amides is 3. The van der Waals surface area contributed by atoms with Gasteiger partial charge in [0.25, 0.3) is 11.8 Å². The number of ether oxygens (including phenoxy) is 4. The molecule has 150 heavy (non-hydrogen) atoms. The molecule has 15 heterocycles. The normalized spacial score (nSPS) is 14.8. The third-order valence-electron chi connectivity index (χ3n) is 28.3. The van der Waals surface area contributed by atoms with Gasteiger partial charge in [-0.15, -0.1) is 0 Å².